The van der Waals surface area contributed by atoms with Gasteiger partial charge in [0.2, 0.25) is 5.91 Å². The monoisotopic (exact) mass is 368 g/mol. The van der Waals surface area contributed by atoms with E-state index in [1.54, 1.807) is 7.11 Å². The summed E-state index contributed by atoms with van der Waals surface area (Å²) in [5.74, 6) is 1.07. The summed E-state index contributed by atoms with van der Waals surface area (Å²) in [6.45, 7) is 10.2. The summed E-state index contributed by atoms with van der Waals surface area (Å²) in [4.78, 5) is 12.5. The fraction of sp³-hybridized carbons (Fsp3) is 0.429. The van der Waals surface area contributed by atoms with Gasteiger partial charge in [-0.1, -0.05) is 6.92 Å². The number of nitrogens with zero attached hydrogens (tertiary/aromatic N) is 2. The molecule has 0 radical (unpaired) electrons. The van der Waals surface area contributed by atoms with Gasteiger partial charge in [0.25, 0.3) is 0 Å². The standard InChI is InChI=1S/C21H28N4O2/c1-7-21(4,5)23-13-19(26)24-20-18(12-22)14(2)15(3)25(20)16-8-10-17(27-6)11-9-16/h8-11,23H,7,13H2,1-6H3,(H,24,26). The lowest BCUT2D eigenvalue weighted by atomic mass is 10.0. The second-order valence-corrected chi connectivity index (χ2v) is 7.22. The van der Waals surface area contributed by atoms with Gasteiger partial charge in [0.15, 0.2) is 0 Å². The van der Waals surface area contributed by atoms with Crippen molar-refractivity contribution in [1.29, 1.82) is 5.26 Å². The predicted octanol–water partition coefficient (Wildman–Crippen LogP) is 3.69. The van der Waals surface area contributed by atoms with E-state index in [4.69, 9.17) is 4.74 Å². The quantitative estimate of drug-likeness (QED) is 0.781. The highest BCUT2D eigenvalue weighted by Crippen LogP contribution is 2.30. The first-order chi connectivity index (χ1) is 12.7. The number of benzene rings is 1. The van der Waals surface area contributed by atoms with Crippen molar-refractivity contribution >= 4 is 11.7 Å². The summed E-state index contributed by atoms with van der Waals surface area (Å²) in [6.07, 6.45) is 0.907. The highest BCUT2D eigenvalue weighted by atomic mass is 16.5. The maximum absolute atomic E-state index is 12.5. The second kappa shape index (κ2) is 8.28. The molecular formula is C21H28N4O2. The molecule has 0 fully saturated rings. The van der Waals surface area contributed by atoms with Gasteiger partial charge in [0.1, 0.15) is 17.6 Å². The molecule has 0 aliphatic heterocycles. The van der Waals surface area contributed by atoms with Gasteiger partial charge in [-0.05, 0) is 63.9 Å². The van der Waals surface area contributed by atoms with Gasteiger partial charge in [-0.2, -0.15) is 5.26 Å². The van der Waals surface area contributed by atoms with Gasteiger partial charge in [0.05, 0.1) is 19.2 Å². The minimum Gasteiger partial charge on any atom is -0.497 e. The van der Waals surface area contributed by atoms with E-state index in [1.165, 1.54) is 0 Å². The van der Waals surface area contributed by atoms with E-state index in [-0.39, 0.29) is 18.0 Å². The molecule has 1 amide bonds. The fourth-order valence-electron chi connectivity index (χ4n) is 2.74. The van der Waals surface area contributed by atoms with Crippen molar-refractivity contribution in [2.24, 2.45) is 0 Å². The first-order valence-electron chi connectivity index (χ1n) is 9.05. The van der Waals surface area contributed by atoms with Crippen LogP contribution in [0.4, 0.5) is 5.82 Å². The molecule has 1 heterocycles. The van der Waals surface area contributed by atoms with Crippen molar-refractivity contribution in [3.8, 4) is 17.5 Å². The van der Waals surface area contributed by atoms with Crippen LogP contribution in [0.2, 0.25) is 0 Å². The molecule has 0 atom stereocenters. The number of ether oxygens (including phenoxy) is 1. The van der Waals surface area contributed by atoms with Crippen LogP contribution in [-0.2, 0) is 4.79 Å². The Morgan fingerprint density at radius 3 is 2.41 bits per heavy atom. The molecule has 0 saturated carbocycles. The Morgan fingerprint density at radius 2 is 1.89 bits per heavy atom. The molecular weight excluding hydrogens is 340 g/mol. The minimum absolute atomic E-state index is 0.126. The summed E-state index contributed by atoms with van der Waals surface area (Å²) in [5, 5.41) is 15.8. The van der Waals surface area contributed by atoms with E-state index >= 15 is 0 Å². The van der Waals surface area contributed by atoms with Gasteiger partial charge in [0, 0.05) is 16.9 Å². The molecule has 1 aromatic heterocycles. The van der Waals surface area contributed by atoms with Crippen LogP contribution in [0.5, 0.6) is 5.75 Å². The summed E-state index contributed by atoms with van der Waals surface area (Å²) in [5.41, 5.74) is 2.97. The zero-order chi connectivity index (χ0) is 20.2. The topological polar surface area (TPSA) is 79.1 Å². The zero-order valence-electron chi connectivity index (χ0n) is 16.9. The number of nitrogens with one attached hydrogen (secondary N) is 2. The van der Waals surface area contributed by atoms with Gasteiger partial charge >= 0.3 is 0 Å². The van der Waals surface area contributed by atoms with Crippen molar-refractivity contribution in [3.05, 3.63) is 41.1 Å². The number of carbonyl (C=O) groups excluding carboxylic acids is 1. The molecule has 0 unspecified atom stereocenters. The summed E-state index contributed by atoms with van der Waals surface area (Å²) in [6, 6.07) is 9.74. The number of carbonyl (C=O) groups is 1. The lowest BCUT2D eigenvalue weighted by molar-refractivity contribution is -0.115. The van der Waals surface area contributed by atoms with Crippen molar-refractivity contribution in [3.63, 3.8) is 0 Å². The van der Waals surface area contributed by atoms with Crippen molar-refractivity contribution in [2.45, 2.75) is 46.6 Å². The summed E-state index contributed by atoms with van der Waals surface area (Å²) < 4.78 is 7.11. The van der Waals surface area contributed by atoms with Crippen molar-refractivity contribution < 1.29 is 9.53 Å². The van der Waals surface area contributed by atoms with Crippen LogP contribution in [0.25, 0.3) is 5.69 Å². The Hall–Kier alpha value is -2.78. The molecule has 2 N–H and O–H groups in total. The molecule has 0 saturated heterocycles. The molecule has 2 aromatic rings. The largest absolute Gasteiger partial charge is 0.497 e. The van der Waals surface area contributed by atoms with Gasteiger partial charge in [-0.15, -0.1) is 0 Å². The average Bonchev–Trinajstić information content (AvgIpc) is 2.90. The summed E-state index contributed by atoms with van der Waals surface area (Å²) in [7, 11) is 1.62. The first kappa shape index (κ1) is 20.5. The molecule has 6 heteroatoms. The molecule has 1 aromatic carbocycles. The normalized spacial score (nSPS) is 11.1. The lowest BCUT2D eigenvalue weighted by Crippen LogP contribution is -2.43. The van der Waals surface area contributed by atoms with E-state index in [1.807, 2.05) is 42.7 Å². The van der Waals surface area contributed by atoms with Crippen molar-refractivity contribution in [1.82, 2.24) is 9.88 Å². The first-order valence-corrected chi connectivity index (χ1v) is 9.05. The third-order valence-electron chi connectivity index (χ3n) is 5.03. The zero-order valence-corrected chi connectivity index (χ0v) is 16.9. The van der Waals surface area contributed by atoms with Crippen LogP contribution >= 0.6 is 0 Å². The van der Waals surface area contributed by atoms with E-state index in [2.05, 4.69) is 37.5 Å². The van der Waals surface area contributed by atoms with Crippen molar-refractivity contribution in [2.75, 3.05) is 19.0 Å². The maximum atomic E-state index is 12.5. The minimum atomic E-state index is -0.180. The lowest BCUT2D eigenvalue weighted by Gasteiger charge is -2.24. The van der Waals surface area contributed by atoms with Gasteiger partial charge < -0.3 is 15.4 Å². The number of rotatable bonds is 7. The number of hydrogen-bond acceptors (Lipinski definition) is 4. The van der Waals surface area contributed by atoms with Gasteiger partial charge in [-0.3, -0.25) is 9.36 Å². The maximum Gasteiger partial charge on any atom is 0.239 e. The molecule has 0 bridgehead atoms. The molecule has 0 aliphatic rings. The van der Waals surface area contributed by atoms with Crippen LogP contribution in [-0.4, -0.2) is 29.7 Å². The third-order valence-corrected chi connectivity index (χ3v) is 5.03. The highest BCUT2D eigenvalue weighted by molar-refractivity contribution is 5.93. The third kappa shape index (κ3) is 4.50. The molecule has 0 aliphatic carbocycles. The molecule has 6 nitrogen and oxygen atoms in total. The van der Waals surface area contributed by atoms with Crippen LogP contribution in [0.3, 0.4) is 0 Å². The Morgan fingerprint density at radius 1 is 1.26 bits per heavy atom. The highest BCUT2D eigenvalue weighted by Gasteiger charge is 2.22. The molecule has 144 valence electrons. The van der Waals surface area contributed by atoms with E-state index in [0.29, 0.717) is 11.4 Å². The molecule has 2 rings (SSSR count). The number of nitriles is 1. The second-order valence-electron chi connectivity index (χ2n) is 7.22. The van der Waals surface area contributed by atoms with Crippen LogP contribution in [0.15, 0.2) is 24.3 Å². The Kier molecular flexibility index (Phi) is 6.29. The number of aromatic nitrogens is 1. The average molecular weight is 368 g/mol. The Bertz CT molecular complexity index is 858. The van der Waals surface area contributed by atoms with E-state index < -0.39 is 0 Å². The van der Waals surface area contributed by atoms with Crippen LogP contribution in [0.1, 0.15) is 44.0 Å². The van der Waals surface area contributed by atoms with Crippen LogP contribution in [0, 0.1) is 25.2 Å². The van der Waals surface area contributed by atoms with Crippen LogP contribution < -0.4 is 15.4 Å². The molecule has 0 spiro atoms. The summed E-state index contributed by atoms with van der Waals surface area (Å²) >= 11 is 0. The fourth-order valence-corrected chi connectivity index (χ4v) is 2.74. The molecule has 27 heavy (non-hydrogen) atoms. The number of methoxy groups -OCH3 is 1. The van der Waals surface area contributed by atoms with E-state index in [0.717, 1.165) is 29.1 Å². The van der Waals surface area contributed by atoms with E-state index in [9.17, 15) is 10.1 Å². The number of hydrogen-bond donors (Lipinski definition) is 2. The number of amides is 1. The Balaban J connectivity index is 2.38. The smallest absolute Gasteiger partial charge is 0.239 e. The van der Waals surface area contributed by atoms with Gasteiger partial charge in [-0.25, -0.2) is 0 Å². The number of anilines is 1. The predicted molar refractivity (Wildman–Crippen MR) is 108 cm³/mol. The Labute approximate surface area is 161 Å². The SMILES string of the molecule is CCC(C)(C)NCC(=O)Nc1c(C#N)c(C)c(C)n1-c1ccc(OC)cc1.